The van der Waals surface area contributed by atoms with Crippen LogP contribution in [-0.2, 0) is 24.1 Å². The molecule has 6 nitrogen and oxygen atoms in total. The number of likely N-dealkylation sites (tertiary alicyclic amines) is 1. The maximum atomic E-state index is 13.1. The Bertz CT molecular complexity index is 1060. The molecule has 8 heteroatoms. The van der Waals surface area contributed by atoms with Crippen molar-refractivity contribution in [3.8, 4) is 0 Å². The zero-order chi connectivity index (χ0) is 22.5. The van der Waals surface area contributed by atoms with E-state index >= 15 is 0 Å². The number of methoxy groups -OCH3 is 1. The number of nitrogens with zero attached hydrogens (tertiary/aromatic N) is 3. The lowest BCUT2D eigenvalue weighted by molar-refractivity contribution is 0.0988. The normalized spacial score (nSPS) is 15.0. The zero-order valence-corrected chi connectivity index (χ0v) is 19.8. The van der Waals surface area contributed by atoms with Gasteiger partial charge in [-0.3, -0.25) is 9.48 Å². The van der Waals surface area contributed by atoms with Gasteiger partial charge in [0, 0.05) is 19.0 Å². The van der Waals surface area contributed by atoms with Gasteiger partial charge in [-0.2, -0.15) is 5.10 Å². The van der Waals surface area contributed by atoms with Gasteiger partial charge in [0.2, 0.25) is 0 Å². The maximum absolute atomic E-state index is 13.1. The smallest absolute Gasteiger partial charge is 0.267 e. The van der Waals surface area contributed by atoms with E-state index in [2.05, 4.69) is 16.1 Å². The van der Waals surface area contributed by atoms with Crippen molar-refractivity contribution in [3.63, 3.8) is 0 Å². The van der Waals surface area contributed by atoms with E-state index in [9.17, 15) is 9.18 Å². The second-order valence-corrected chi connectivity index (χ2v) is 8.61. The monoisotopic (exact) mass is 474 g/mol. The minimum atomic E-state index is -0.452. The Kier molecular flexibility index (Phi) is 8.83. The Balaban J connectivity index is 0.00000306. The van der Waals surface area contributed by atoms with E-state index in [1.54, 1.807) is 11.8 Å². The average molecular weight is 475 g/mol. The zero-order valence-electron chi connectivity index (χ0n) is 19.0. The molecule has 2 heterocycles. The molecule has 3 aromatic rings. The van der Waals surface area contributed by atoms with Crippen LogP contribution in [0.2, 0.25) is 0 Å². The largest absolute Gasteiger partial charge is 0.383 e. The summed E-state index contributed by atoms with van der Waals surface area (Å²) in [6.45, 7) is 4.07. The highest BCUT2D eigenvalue weighted by Gasteiger charge is 2.23. The van der Waals surface area contributed by atoms with Crippen LogP contribution < -0.4 is 5.73 Å². The summed E-state index contributed by atoms with van der Waals surface area (Å²) in [6.07, 6.45) is 4.08. The van der Waals surface area contributed by atoms with Gasteiger partial charge in [-0.05, 0) is 74.0 Å². The van der Waals surface area contributed by atoms with Crippen LogP contribution in [0.5, 0.6) is 0 Å². The predicted octanol–water partition coefficient (Wildman–Crippen LogP) is 3.84. The highest BCUT2D eigenvalue weighted by atomic mass is 35.5. The second kappa shape index (κ2) is 11.6. The Morgan fingerprint density at radius 1 is 1.15 bits per heavy atom. The number of benzene rings is 2. The first-order chi connectivity index (χ1) is 15.5. The van der Waals surface area contributed by atoms with Crippen molar-refractivity contribution in [2.45, 2.75) is 32.2 Å². The van der Waals surface area contributed by atoms with Crippen molar-refractivity contribution in [3.05, 3.63) is 65.1 Å². The SMILES string of the molecule is COCCn1nc2cccc(CC3CCN(CCc4ccc(F)cc4)CC3)c2c1C(N)=O.Cl. The number of hydrogen-bond acceptors (Lipinski definition) is 4. The molecule has 1 amide bonds. The molecule has 0 radical (unpaired) electrons. The number of hydrogen-bond donors (Lipinski definition) is 1. The topological polar surface area (TPSA) is 73.4 Å². The molecule has 1 aliphatic heterocycles. The number of fused-ring (bicyclic) bond motifs is 1. The van der Waals surface area contributed by atoms with E-state index in [4.69, 9.17) is 10.5 Å². The van der Waals surface area contributed by atoms with E-state index in [1.165, 1.54) is 17.7 Å². The van der Waals surface area contributed by atoms with Crippen molar-refractivity contribution >= 4 is 29.2 Å². The van der Waals surface area contributed by atoms with Crippen molar-refractivity contribution < 1.29 is 13.9 Å². The van der Waals surface area contributed by atoms with Gasteiger partial charge in [0.05, 0.1) is 18.7 Å². The fraction of sp³-hybridized carbons (Fsp3) is 0.440. The molecule has 0 bridgehead atoms. The Hall–Kier alpha value is -2.48. The van der Waals surface area contributed by atoms with E-state index in [1.807, 2.05) is 24.3 Å². The van der Waals surface area contributed by atoms with E-state index in [-0.39, 0.29) is 18.2 Å². The van der Waals surface area contributed by atoms with Gasteiger partial charge in [-0.1, -0.05) is 24.3 Å². The fourth-order valence-corrected chi connectivity index (χ4v) is 4.68. The molecule has 33 heavy (non-hydrogen) atoms. The molecule has 1 aromatic heterocycles. The molecule has 1 fully saturated rings. The van der Waals surface area contributed by atoms with Gasteiger partial charge < -0.3 is 15.4 Å². The minimum Gasteiger partial charge on any atom is -0.383 e. The molecule has 2 N–H and O–H groups in total. The highest BCUT2D eigenvalue weighted by Crippen LogP contribution is 2.28. The van der Waals surface area contributed by atoms with Crippen molar-refractivity contribution in [1.29, 1.82) is 0 Å². The van der Waals surface area contributed by atoms with Crippen LogP contribution in [0, 0.1) is 11.7 Å². The van der Waals surface area contributed by atoms with Crippen molar-refractivity contribution in [2.24, 2.45) is 11.7 Å². The van der Waals surface area contributed by atoms with E-state index < -0.39 is 5.91 Å². The summed E-state index contributed by atoms with van der Waals surface area (Å²) in [7, 11) is 1.63. The summed E-state index contributed by atoms with van der Waals surface area (Å²) >= 11 is 0. The fourth-order valence-electron chi connectivity index (χ4n) is 4.68. The summed E-state index contributed by atoms with van der Waals surface area (Å²) in [5.41, 5.74) is 9.34. The van der Waals surface area contributed by atoms with Crippen molar-refractivity contribution in [1.82, 2.24) is 14.7 Å². The van der Waals surface area contributed by atoms with Gasteiger partial charge >= 0.3 is 0 Å². The molecule has 0 spiro atoms. The number of halogens is 2. The van der Waals surface area contributed by atoms with Crippen LogP contribution in [0.15, 0.2) is 42.5 Å². The molecular weight excluding hydrogens is 443 g/mol. The van der Waals surface area contributed by atoms with Crippen LogP contribution in [0.3, 0.4) is 0 Å². The summed E-state index contributed by atoms with van der Waals surface area (Å²) < 4.78 is 19.9. The number of aromatic nitrogens is 2. The number of carbonyl (C=O) groups is 1. The van der Waals surface area contributed by atoms with E-state index in [0.29, 0.717) is 24.8 Å². The third kappa shape index (κ3) is 6.10. The number of piperidine rings is 1. The molecule has 1 aliphatic rings. The first-order valence-electron chi connectivity index (χ1n) is 11.3. The number of amides is 1. The number of carbonyl (C=O) groups excluding carboxylic acids is 1. The van der Waals surface area contributed by atoms with Crippen LogP contribution in [0.25, 0.3) is 10.9 Å². The van der Waals surface area contributed by atoms with Crippen LogP contribution in [-0.4, -0.2) is 53.9 Å². The van der Waals surface area contributed by atoms with Gasteiger partial charge in [0.15, 0.2) is 0 Å². The third-order valence-corrected chi connectivity index (χ3v) is 6.44. The molecular formula is C25H32ClFN4O2. The number of nitrogens with two attached hydrogens (primary N) is 1. The second-order valence-electron chi connectivity index (χ2n) is 8.61. The Morgan fingerprint density at radius 3 is 2.55 bits per heavy atom. The maximum Gasteiger partial charge on any atom is 0.267 e. The average Bonchev–Trinajstić information content (AvgIpc) is 3.18. The quantitative estimate of drug-likeness (QED) is 0.511. The lowest BCUT2D eigenvalue weighted by atomic mass is 9.88. The summed E-state index contributed by atoms with van der Waals surface area (Å²) in [5, 5.41) is 5.48. The van der Waals surface area contributed by atoms with Gasteiger partial charge in [-0.25, -0.2) is 4.39 Å². The molecule has 0 unspecified atom stereocenters. The first kappa shape index (κ1) is 25.1. The molecule has 0 aliphatic carbocycles. The standard InChI is InChI=1S/C25H31FN4O2.ClH/c1-32-16-15-30-24(25(27)31)23-20(3-2-4-22(23)28-30)17-19-10-13-29(14-11-19)12-9-18-5-7-21(26)8-6-18;/h2-8,19H,9-17H2,1H3,(H2,27,31);1H. The minimum absolute atomic E-state index is 0. The molecule has 1 saturated heterocycles. The number of rotatable bonds is 9. The predicted molar refractivity (Wildman–Crippen MR) is 130 cm³/mol. The third-order valence-electron chi connectivity index (χ3n) is 6.44. The van der Waals surface area contributed by atoms with Gasteiger partial charge in [-0.15, -0.1) is 12.4 Å². The Morgan fingerprint density at radius 2 is 1.88 bits per heavy atom. The summed E-state index contributed by atoms with van der Waals surface area (Å²) in [6, 6.07) is 12.8. The van der Waals surface area contributed by atoms with Crippen LogP contribution >= 0.6 is 12.4 Å². The van der Waals surface area contributed by atoms with Crippen molar-refractivity contribution in [2.75, 3.05) is 33.4 Å². The summed E-state index contributed by atoms with van der Waals surface area (Å²) in [5.74, 6) is -0.0781. The highest BCUT2D eigenvalue weighted by molar-refractivity contribution is 6.05. The van der Waals surface area contributed by atoms with Crippen LogP contribution in [0.4, 0.5) is 4.39 Å². The first-order valence-corrected chi connectivity index (χ1v) is 11.3. The lowest BCUT2D eigenvalue weighted by Gasteiger charge is -2.32. The molecule has 0 saturated carbocycles. The molecule has 0 atom stereocenters. The number of primary amides is 1. The Labute approximate surface area is 200 Å². The summed E-state index contributed by atoms with van der Waals surface area (Å²) in [4.78, 5) is 14.7. The molecule has 4 rings (SSSR count). The van der Waals surface area contributed by atoms with Gasteiger partial charge in [0.25, 0.3) is 5.91 Å². The molecule has 178 valence electrons. The lowest BCUT2D eigenvalue weighted by Crippen LogP contribution is -2.35. The van der Waals surface area contributed by atoms with Gasteiger partial charge in [0.1, 0.15) is 11.5 Å². The van der Waals surface area contributed by atoms with E-state index in [0.717, 1.165) is 61.8 Å². The number of ether oxygens (including phenoxy) is 1. The molecule has 2 aromatic carbocycles. The van der Waals surface area contributed by atoms with Crippen LogP contribution in [0.1, 0.15) is 34.5 Å².